The zero-order valence-corrected chi connectivity index (χ0v) is 16.5. The van der Waals surface area contributed by atoms with Crippen LogP contribution in [0.2, 0.25) is 0 Å². The van der Waals surface area contributed by atoms with Crippen LogP contribution >= 0.6 is 11.3 Å². The van der Waals surface area contributed by atoms with Gasteiger partial charge >= 0.3 is 0 Å². The smallest absolute Gasteiger partial charge is 0.267 e. The Morgan fingerprint density at radius 1 is 1.23 bits per heavy atom. The van der Waals surface area contributed by atoms with Gasteiger partial charge in [-0.15, -0.1) is 11.3 Å². The van der Waals surface area contributed by atoms with Gasteiger partial charge in [0.15, 0.2) is 9.86 Å². The molecule has 2 aromatic heterocycles. The van der Waals surface area contributed by atoms with E-state index in [-0.39, 0.29) is 16.6 Å². The maximum Gasteiger partial charge on any atom is 0.279 e. The third-order valence-corrected chi connectivity index (χ3v) is 6.87. The normalized spacial score (nSPS) is 13.2. The molecule has 138 valence electrons. The summed E-state index contributed by atoms with van der Waals surface area (Å²) >= 11 is 1.32. The lowest BCUT2D eigenvalue weighted by atomic mass is 10.1. The number of nitrogens with one attached hydrogen (secondary N) is 1. The predicted octanol–water partition coefficient (Wildman–Crippen LogP) is 2.67. The highest BCUT2D eigenvalue weighted by Gasteiger charge is 2.27. The van der Waals surface area contributed by atoms with E-state index in [9.17, 15) is 13.2 Å². The number of nitrogens with zero attached hydrogens (tertiary/aromatic N) is 2. The lowest BCUT2D eigenvalue weighted by molar-refractivity contribution is 0.534. The van der Waals surface area contributed by atoms with Gasteiger partial charge in [0.25, 0.3) is 5.56 Å². The molecule has 0 aliphatic heterocycles. The van der Waals surface area contributed by atoms with Crippen molar-refractivity contribution in [2.75, 3.05) is 0 Å². The second kappa shape index (κ2) is 7.30. The number of aryl methyl sites for hydroxylation is 2. The Bertz CT molecular complexity index is 1090. The molecule has 0 aliphatic carbocycles. The van der Waals surface area contributed by atoms with Gasteiger partial charge < -0.3 is 0 Å². The van der Waals surface area contributed by atoms with Crippen LogP contribution in [0.3, 0.4) is 0 Å². The maximum absolute atomic E-state index is 12.9. The topological polar surface area (TPSA) is 80.5 Å². The molecule has 0 bridgehead atoms. The summed E-state index contributed by atoms with van der Waals surface area (Å²) in [6.45, 7) is 5.24. The third kappa shape index (κ3) is 3.58. The quantitative estimate of drug-likeness (QED) is 0.700. The molecular weight excluding hydrogens is 370 g/mol. The highest BCUT2D eigenvalue weighted by atomic mass is 32.2. The first-order chi connectivity index (χ1) is 12.3. The van der Waals surface area contributed by atoms with Gasteiger partial charge in [-0.25, -0.2) is 18.1 Å². The van der Waals surface area contributed by atoms with Crippen LogP contribution in [0.25, 0.3) is 4.96 Å². The summed E-state index contributed by atoms with van der Waals surface area (Å²) in [7, 11) is -3.98. The Balaban J connectivity index is 1.98. The van der Waals surface area contributed by atoms with E-state index in [1.54, 1.807) is 19.2 Å². The number of aromatic nitrogens is 2. The number of sulfonamides is 1. The molecule has 1 aromatic carbocycles. The van der Waals surface area contributed by atoms with Crippen LogP contribution in [0.15, 0.2) is 45.4 Å². The fourth-order valence-corrected chi connectivity index (χ4v) is 5.39. The number of rotatable bonds is 6. The van der Waals surface area contributed by atoms with Gasteiger partial charge in [0.1, 0.15) is 0 Å². The Labute approximate surface area is 156 Å². The molecule has 3 aromatic rings. The van der Waals surface area contributed by atoms with E-state index in [1.165, 1.54) is 15.7 Å². The number of hydrogen-bond acceptors (Lipinski definition) is 5. The number of hydrogen-bond donors (Lipinski definition) is 1. The molecule has 0 unspecified atom stereocenters. The van der Waals surface area contributed by atoms with Crippen LogP contribution in [0, 0.1) is 13.8 Å². The van der Waals surface area contributed by atoms with Crippen LogP contribution in [-0.4, -0.2) is 23.8 Å². The van der Waals surface area contributed by atoms with Crippen molar-refractivity contribution < 1.29 is 8.42 Å². The molecule has 0 saturated heterocycles. The monoisotopic (exact) mass is 391 g/mol. The standard InChI is InChI=1S/C18H21N3O3S2/c1-4-15(10-14-8-6-5-7-9-14)20-26(23,24)16-13(3)19-18-21(17(16)22)12(2)11-25-18/h5-9,11,15,20H,4,10H2,1-3H3/t15-/m0/s1. The van der Waals surface area contributed by atoms with Crippen molar-refractivity contribution in [1.29, 1.82) is 0 Å². The van der Waals surface area contributed by atoms with Gasteiger partial charge in [-0.2, -0.15) is 0 Å². The molecule has 0 amide bonds. The first kappa shape index (κ1) is 18.8. The summed E-state index contributed by atoms with van der Waals surface area (Å²) < 4.78 is 29.9. The van der Waals surface area contributed by atoms with E-state index >= 15 is 0 Å². The Morgan fingerprint density at radius 3 is 2.58 bits per heavy atom. The Morgan fingerprint density at radius 2 is 1.92 bits per heavy atom. The van der Waals surface area contributed by atoms with Gasteiger partial charge in [-0.3, -0.25) is 9.20 Å². The molecule has 0 fully saturated rings. The first-order valence-electron chi connectivity index (χ1n) is 8.37. The molecule has 3 rings (SSSR count). The summed E-state index contributed by atoms with van der Waals surface area (Å²) in [6, 6.07) is 9.38. The van der Waals surface area contributed by atoms with Gasteiger partial charge in [0.2, 0.25) is 10.0 Å². The minimum Gasteiger partial charge on any atom is -0.267 e. The second-order valence-corrected chi connectivity index (χ2v) is 8.73. The van der Waals surface area contributed by atoms with Crippen molar-refractivity contribution in [3.05, 3.63) is 63.0 Å². The molecule has 1 N–H and O–H groups in total. The molecule has 0 radical (unpaired) electrons. The van der Waals surface area contributed by atoms with Crippen molar-refractivity contribution in [1.82, 2.24) is 14.1 Å². The molecule has 1 atom stereocenters. The summed E-state index contributed by atoms with van der Waals surface area (Å²) in [5.41, 5.74) is 1.39. The average Bonchev–Trinajstić information content (AvgIpc) is 2.95. The fourth-order valence-electron chi connectivity index (χ4n) is 2.92. The van der Waals surface area contributed by atoms with E-state index in [2.05, 4.69) is 9.71 Å². The SMILES string of the molecule is CC[C@@H](Cc1ccccc1)NS(=O)(=O)c1c(C)nc2scc(C)n2c1=O. The molecule has 0 aliphatic rings. The highest BCUT2D eigenvalue weighted by Crippen LogP contribution is 2.17. The minimum atomic E-state index is -3.98. The number of thiazole rings is 1. The fraction of sp³-hybridized carbons (Fsp3) is 0.333. The van der Waals surface area contributed by atoms with Crippen LogP contribution in [0.1, 0.15) is 30.3 Å². The van der Waals surface area contributed by atoms with Crippen molar-refractivity contribution in [3.8, 4) is 0 Å². The number of benzene rings is 1. The molecule has 0 saturated carbocycles. The lowest BCUT2D eigenvalue weighted by Crippen LogP contribution is -2.39. The van der Waals surface area contributed by atoms with Crippen molar-refractivity contribution in [2.24, 2.45) is 0 Å². The van der Waals surface area contributed by atoms with Crippen LogP contribution in [0.4, 0.5) is 0 Å². The Hall–Kier alpha value is -2.03. The van der Waals surface area contributed by atoms with Crippen LogP contribution < -0.4 is 10.3 Å². The summed E-state index contributed by atoms with van der Waals surface area (Å²) in [6.07, 6.45) is 1.17. The van der Waals surface area contributed by atoms with E-state index in [0.717, 1.165) is 5.56 Å². The van der Waals surface area contributed by atoms with Gasteiger partial charge in [0, 0.05) is 17.1 Å². The zero-order chi connectivity index (χ0) is 18.9. The molecular formula is C18H21N3O3S2. The van der Waals surface area contributed by atoms with Crippen molar-refractivity contribution in [2.45, 2.75) is 44.6 Å². The lowest BCUT2D eigenvalue weighted by Gasteiger charge is -2.17. The first-order valence-corrected chi connectivity index (χ1v) is 10.7. The van der Waals surface area contributed by atoms with E-state index in [0.29, 0.717) is 23.5 Å². The van der Waals surface area contributed by atoms with E-state index in [1.807, 2.05) is 37.3 Å². The molecule has 26 heavy (non-hydrogen) atoms. The third-order valence-electron chi connectivity index (χ3n) is 4.28. The molecule has 8 heteroatoms. The van der Waals surface area contributed by atoms with E-state index in [4.69, 9.17) is 0 Å². The highest BCUT2D eigenvalue weighted by molar-refractivity contribution is 7.89. The van der Waals surface area contributed by atoms with Crippen molar-refractivity contribution >= 4 is 26.3 Å². The van der Waals surface area contributed by atoms with Crippen molar-refractivity contribution in [3.63, 3.8) is 0 Å². The average molecular weight is 392 g/mol. The summed E-state index contributed by atoms with van der Waals surface area (Å²) in [5, 5.41) is 1.79. The van der Waals surface area contributed by atoms with Crippen LogP contribution in [0.5, 0.6) is 0 Å². The van der Waals surface area contributed by atoms with Crippen LogP contribution in [-0.2, 0) is 16.4 Å². The minimum absolute atomic E-state index is 0.221. The largest absolute Gasteiger partial charge is 0.279 e. The molecule has 2 heterocycles. The second-order valence-electron chi connectivity index (χ2n) is 6.24. The Kier molecular flexibility index (Phi) is 5.27. The van der Waals surface area contributed by atoms with Gasteiger partial charge in [0.05, 0.1) is 5.69 Å². The predicted molar refractivity (Wildman–Crippen MR) is 103 cm³/mol. The zero-order valence-electron chi connectivity index (χ0n) is 14.9. The summed E-state index contributed by atoms with van der Waals surface area (Å²) in [5.74, 6) is 0. The maximum atomic E-state index is 12.9. The number of fused-ring (bicyclic) bond motifs is 1. The van der Waals surface area contributed by atoms with E-state index < -0.39 is 15.6 Å². The molecule has 6 nitrogen and oxygen atoms in total. The summed E-state index contributed by atoms with van der Waals surface area (Å²) in [4.78, 5) is 17.3. The molecule has 0 spiro atoms. The van der Waals surface area contributed by atoms with Gasteiger partial charge in [-0.1, -0.05) is 37.3 Å². The van der Waals surface area contributed by atoms with Gasteiger partial charge in [-0.05, 0) is 32.3 Å².